The van der Waals surface area contributed by atoms with E-state index in [9.17, 15) is 19.4 Å². The number of methoxy groups -OCH3 is 2. The molecule has 0 saturated carbocycles. The molecule has 2 heterocycles. The number of nitrogens with zero attached hydrogens (tertiary/aromatic N) is 4. The summed E-state index contributed by atoms with van der Waals surface area (Å²) in [6.45, 7) is 7.46. The number of nitrogens with one attached hydrogen (secondary N) is 1. The monoisotopic (exact) mass is 1080 g/mol. The molecular weight excluding hydrogens is 1020 g/mol. The molecule has 8 aromatic carbocycles. The Balaban J connectivity index is 1.08. The summed E-state index contributed by atoms with van der Waals surface area (Å²) in [6, 6.07) is 55.2. The first kappa shape index (κ1) is 54.5. The Morgan fingerprint density at radius 3 is 1.91 bits per heavy atom. The number of carbonyl (C=O) groups excluding carboxylic acids is 1. The first-order valence-corrected chi connectivity index (χ1v) is 27.3. The van der Waals surface area contributed by atoms with E-state index in [1.54, 1.807) is 44.6 Å². The number of rotatable bonds is 22. The number of hydrogen-bond donors (Lipinski definition) is 1. The lowest BCUT2D eigenvalue weighted by Gasteiger charge is -2.37. The van der Waals surface area contributed by atoms with Gasteiger partial charge < -0.3 is 29.0 Å². The number of benzene rings is 8. The quantitative estimate of drug-likeness (QED) is 0.0386. The molecule has 15 nitrogen and oxygen atoms in total. The lowest BCUT2D eigenvalue weighted by Crippen LogP contribution is -2.46. The van der Waals surface area contributed by atoms with E-state index in [0.29, 0.717) is 17.1 Å². The van der Waals surface area contributed by atoms with E-state index in [-0.39, 0.29) is 37.7 Å². The number of anilines is 1. The first-order chi connectivity index (χ1) is 38.4. The molecule has 0 radical (unpaired) electrons. The lowest BCUT2D eigenvalue weighted by molar-refractivity contribution is -0.0986. The van der Waals surface area contributed by atoms with Gasteiger partial charge in [0.05, 0.1) is 33.5 Å². The molecule has 1 fully saturated rings. The highest BCUT2D eigenvalue weighted by Crippen LogP contribution is 2.46. The van der Waals surface area contributed by atoms with Crippen LogP contribution in [0.4, 0.5) is 5.82 Å². The molecule has 402 valence electrons. The van der Waals surface area contributed by atoms with Crippen molar-refractivity contribution >= 4 is 52.3 Å². The number of ether oxygens (including phenoxy) is 5. The molecule has 1 amide bonds. The van der Waals surface area contributed by atoms with Gasteiger partial charge in [-0.2, -0.15) is 10.2 Å². The Hall–Kier alpha value is -7.90. The predicted molar refractivity (Wildman–Crippen MR) is 304 cm³/mol. The number of hydrogen-bond acceptors (Lipinski definition) is 13. The lowest BCUT2D eigenvalue weighted by atomic mass is 9.80. The van der Waals surface area contributed by atoms with Crippen LogP contribution < -0.4 is 20.5 Å². The van der Waals surface area contributed by atoms with Crippen molar-refractivity contribution in [3.8, 4) is 17.6 Å². The van der Waals surface area contributed by atoms with Crippen LogP contribution in [-0.2, 0) is 40.0 Å². The van der Waals surface area contributed by atoms with Crippen molar-refractivity contribution in [2.45, 2.75) is 82.6 Å². The van der Waals surface area contributed by atoms with Gasteiger partial charge in [0.2, 0.25) is 0 Å². The maximum atomic E-state index is 14.6. The van der Waals surface area contributed by atoms with Crippen LogP contribution in [0, 0.1) is 11.3 Å². The molecule has 1 N–H and O–H groups in total. The third-order valence-electron chi connectivity index (χ3n) is 14.6. The summed E-state index contributed by atoms with van der Waals surface area (Å²) in [6.07, 6.45) is -3.39. The highest BCUT2D eigenvalue weighted by molar-refractivity contribution is 7.33. The fourth-order valence-electron chi connectivity index (χ4n) is 11.0. The number of nitriles is 1. The topological polar surface area (TPSA) is 173 Å². The van der Waals surface area contributed by atoms with E-state index in [1.165, 1.54) is 16.8 Å². The molecule has 6 atom stereocenters. The van der Waals surface area contributed by atoms with Crippen LogP contribution in [0.1, 0.15) is 66.5 Å². The summed E-state index contributed by atoms with van der Waals surface area (Å²) in [4.78, 5) is 34.0. The zero-order valence-corrected chi connectivity index (χ0v) is 45.6. The van der Waals surface area contributed by atoms with Crippen molar-refractivity contribution < 1.29 is 42.1 Å². The summed E-state index contributed by atoms with van der Waals surface area (Å²) < 4.78 is 61.1. The van der Waals surface area contributed by atoms with Crippen molar-refractivity contribution in [3.63, 3.8) is 0 Å². The van der Waals surface area contributed by atoms with E-state index in [1.807, 2.05) is 124 Å². The highest BCUT2D eigenvalue weighted by atomic mass is 31.1. The Kier molecular flexibility index (Phi) is 16.5. The zero-order valence-electron chi connectivity index (χ0n) is 44.7. The van der Waals surface area contributed by atoms with E-state index in [2.05, 4.69) is 58.8 Å². The third-order valence-corrected chi connectivity index (χ3v) is 15.4. The smallest absolute Gasteiger partial charge is 0.497 e. The fraction of sp³-hybridized carbons (Fsp3) is 0.270. The van der Waals surface area contributed by atoms with Crippen molar-refractivity contribution in [3.05, 3.63) is 214 Å². The van der Waals surface area contributed by atoms with Gasteiger partial charge in [-0.3, -0.25) is 14.3 Å². The third kappa shape index (κ3) is 11.2. The largest absolute Gasteiger partial charge is 0.697 e. The second kappa shape index (κ2) is 24.0. The minimum Gasteiger partial charge on any atom is -0.497 e. The molecule has 0 bridgehead atoms. The number of aromatic nitrogens is 2. The second-order valence-corrected chi connectivity index (χ2v) is 20.8. The van der Waals surface area contributed by atoms with E-state index in [0.717, 1.165) is 54.6 Å². The van der Waals surface area contributed by atoms with E-state index < -0.39 is 56.0 Å². The van der Waals surface area contributed by atoms with Gasteiger partial charge in [-0.1, -0.05) is 127 Å². The molecule has 0 spiro atoms. The summed E-state index contributed by atoms with van der Waals surface area (Å²) in [5.41, 5.74) is 1.36. The summed E-state index contributed by atoms with van der Waals surface area (Å²) >= 11 is 0. The van der Waals surface area contributed by atoms with Crippen molar-refractivity contribution in [2.75, 3.05) is 32.8 Å². The van der Waals surface area contributed by atoms with Crippen LogP contribution in [0.3, 0.4) is 0 Å². The molecule has 16 heteroatoms. The minimum atomic E-state index is -3.00. The Morgan fingerprint density at radius 2 is 1.32 bits per heavy atom. The number of amides is 1. The highest BCUT2D eigenvalue weighted by Gasteiger charge is 2.54. The second-order valence-electron chi connectivity index (χ2n) is 19.9. The van der Waals surface area contributed by atoms with Crippen LogP contribution >= 0.6 is 8.25 Å². The first-order valence-electron chi connectivity index (χ1n) is 26.2. The Labute approximate surface area is 459 Å². The van der Waals surface area contributed by atoms with Crippen LogP contribution in [0.15, 0.2) is 181 Å². The van der Waals surface area contributed by atoms with Crippen molar-refractivity contribution in [2.24, 2.45) is 0 Å². The van der Waals surface area contributed by atoms with Gasteiger partial charge in [0.15, 0.2) is 12.3 Å². The molecule has 1 aromatic heterocycles. The SMILES string of the molecule is COc1ccc(C(OC[C@H]2O[C@@H](n3ccc(NC(=O)c4ccccc4)nc3=O)C(OCc3ccc4ccc5cccc6ccc3c4c56)C2O[P+](=O)OCC(C#N)N(C(C)C)C(C)C)(c2ccccc2)c2ccc(OC)cc2)cc1. The summed E-state index contributed by atoms with van der Waals surface area (Å²) in [5.74, 6) is 0.833. The van der Waals surface area contributed by atoms with Crippen molar-refractivity contribution in [1.29, 1.82) is 5.26 Å². The standard InChI is InChI=1S/C63H60N5O10P/c1-40(2)68(41(3)4)50(36-64)38-76-79(71)78-58-54(39-75-63(47-18-11-8-12-19-47,48-25-29-51(72-5)30-26-48)49-27-31-52(73-6)32-28-49)77-61(67-35-34-55(66-62(67)70)65-60(69)45-14-9-7-10-15-45)59(58)74-37-46-23-22-44-21-20-42-16-13-17-43-24-33-53(46)57(44)56(42)43/h7-35,40-41,50,54,58-59,61H,37-39H2,1-6H3/p+1/t50?,54-,58?,59?,61-/m1/s1. The summed E-state index contributed by atoms with van der Waals surface area (Å²) in [5, 5.41) is 19.6. The van der Waals surface area contributed by atoms with E-state index >= 15 is 0 Å². The molecular formula is C63H61N5O10P+. The van der Waals surface area contributed by atoms with Gasteiger partial charge >= 0.3 is 13.9 Å². The van der Waals surface area contributed by atoms with Gasteiger partial charge in [-0.25, -0.2) is 4.79 Å². The summed E-state index contributed by atoms with van der Waals surface area (Å²) in [7, 11) is 0.200. The minimum absolute atomic E-state index is 0.00292. The number of carbonyl (C=O) groups is 1. The fourth-order valence-corrected chi connectivity index (χ4v) is 11.8. The molecule has 1 aliphatic rings. The molecule has 10 rings (SSSR count). The molecule has 0 aliphatic carbocycles. The average Bonchev–Trinajstić information content (AvgIpc) is 4.00. The predicted octanol–water partition coefficient (Wildman–Crippen LogP) is 12.0. The Bertz CT molecular complexity index is 3600. The van der Waals surface area contributed by atoms with Crippen LogP contribution in [0.25, 0.3) is 32.3 Å². The van der Waals surface area contributed by atoms with Gasteiger partial charge in [0, 0.05) is 28.4 Å². The average molecular weight is 1080 g/mol. The van der Waals surface area contributed by atoms with E-state index in [4.69, 9.17) is 32.7 Å². The molecule has 9 aromatic rings. The molecule has 79 heavy (non-hydrogen) atoms. The van der Waals surface area contributed by atoms with Crippen LogP contribution in [0.2, 0.25) is 0 Å². The maximum Gasteiger partial charge on any atom is 0.697 e. The van der Waals surface area contributed by atoms with Gasteiger partial charge in [-0.05, 0) is 125 Å². The molecule has 1 saturated heterocycles. The van der Waals surface area contributed by atoms with Gasteiger partial charge in [-0.15, -0.1) is 9.05 Å². The Morgan fingerprint density at radius 1 is 0.734 bits per heavy atom. The van der Waals surface area contributed by atoms with Gasteiger partial charge in [0.1, 0.15) is 47.8 Å². The van der Waals surface area contributed by atoms with Crippen LogP contribution in [0.5, 0.6) is 11.5 Å². The zero-order chi connectivity index (χ0) is 55.2. The maximum absolute atomic E-state index is 14.6. The molecule has 1 aliphatic heterocycles. The van der Waals surface area contributed by atoms with Crippen molar-refractivity contribution in [1.82, 2.24) is 14.5 Å². The van der Waals surface area contributed by atoms with Crippen LogP contribution in [-0.4, -0.2) is 84.2 Å². The van der Waals surface area contributed by atoms with Gasteiger partial charge in [0.25, 0.3) is 5.91 Å². The normalized spacial score (nSPS) is 17.2. The molecule has 4 unspecified atom stereocenters.